The molecule has 0 aliphatic carbocycles. The zero-order valence-corrected chi connectivity index (χ0v) is 14.4. The number of nitrogens with two attached hydrogens (primary N) is 2. The molecule has 25 heavy (non-hydrogen) atoms. The maximum Gasteiger partial charge on any atom is 0.161 e. The monoisotopic (exact) mass is 347 g/mol. The number of aliphatic hydroxyl groups excluding tert-OH is 1. The Hall–Kier alpha value is -2.48. The highest BCUT2D eigenvalue weighted by molar-refractivity contribution is 5.56. The maximum absolute atomic E-state index is 10.2. The van der Waals surface area contributed by atoms with Gasteiger partial charge in [-0.05, 0) is 29.8 Å². The molecule has 0 saturated heterocycles. The first kappa shape index (κ1) is 18.9. The quantitative estimate of drug-likeness (QED) is 0.508. The van der Waals surface area contributed by atoms with Gasteiger partial charge in [0.1, 0.15) is 12.4 Å². The van der Waals surface area contributed by atoms with Gasteiger partial charge < -0.3 is 36.1 Å². The number of hydrogen-bond acceptors (Lipinski definition) is 7. The Labute approximate surface area is 147 Å². The highest BCUT2D eigenvalue weighted by Crippen LogP contribution is 2.30. The van der Waals surface area contributed by atoms with Gasteiger partial charge in [-0.15, -0.1) is 0 Å². The Bertz CT molecular complexity index is 681. The Morgan fingerprint density at radius 2 is 1.76 bits per heavy atom. The number of anilines is 1. The van der Waals surface area contributed by atoms with Gasteiger partial charge in [0.15, 0.2) is 17.7 Å². The third-order valence-corrected chi connectivity index (χ3v) is 3.70. The van der Waals surface area contributed by atoms with E-state index in [1.54, 1.807) is 32.4 Å². The number of benzene rings is 2. The molecule has 136 valence electrons. The van der Waals surface area contributed by atoms with E-state index in [-0.39, 0.29) is 12.6 Å². The van der Waals surface area contributed by atoms with Gasteiger partial charge in [-0.25, -0.2) is 0 Å². The first-order chi connectivity index (χ1) is 12.1. The van der Waals surface area contributed by atoms with Crippen molar-refractivity contribution in [2.45, 2.75) is 12.3 Å². The van der Waals surface area contributed by atoms with Crippen molar-refractivity contribution in [3.8, 4) is 17.2 Å². The molecule has 7 heteroatoms. The molecule has 0 heterocycles. The van der Waals surface area contributed by atoms with Crippen molar-refractivity contribution in [2.75, 3.05) is 32.7 Å². The maximum atomic E-state index is 10.2. The molecule has 0 aromatic heterocycles. The molecule has 2 atom stereocenters. The Morgan fingerprint density at radius 1 is 1.04 bits per heavy atom. The van der Waals surface area contributed by atoms with E-state index in [9.17, 15) is 5.11 Å². The van der Waals surface area contributed by atoms with Crippen LogP contribution in [0.3, 0.4) is 0 Å². The average Bonchev–Trinajstić information content (AvgIpc) is 2.65. The minimum absolute atomic E-state index is 0.0245. The zero-order chi connectivity index (χ0) is 18.2. The van der Waals surface area contributed by atoms with E-state index in [2.05, 4.69) is 5.32 Å². The van der Waals surface area contributed by atoms with Crippen LogP contribution in [0.25, 0.3) is 0 Å². The van der Waals surface area contributed by atoms with Gasteiger partial charge in [0.05, 0.1) is 19.9 Å². The normalized spacial score (nSPS) is 13.0. The molecular weight excluding hydrogens is 322 g/mol. The van der Waals surface area contributed by atoms with Crippen molar-refractivity contribution in [1.82, 2.24) is 0 Å². The molecule has 0 spiro atoms. The van der Waals surface area contributed by atoms with E-state index in [0.29, 0.717) is 29.5 Å². The minimum atomic E-state index is -0.924. The Morgan fingerprint density at radius 3 is 2.44 bits per heavy atom. The lowest BCUT2D eigenvalue weighted by Crippen LogP contribution is -2.26. The molecule has 7 nitrogen and oxygen atoms in total. The van der Waals surface area contributed by atoms with E-state index in [0.717, 1.165) is 5.56 Å². The van der Waals surface area contributed by atoms with Crippen LogP contribution in [0.4, 0.5) is 5.69 Å². The van der Waals surface area contributed by atoms with Crippen LogP contribution in [0.1, 0.15) is 11.6 Å². The molecule has 0 aliphatic rings. The lowest BCUT2D eigenvalue weighted by Gasteiger charge is -2.19. The number of rotatable bonds is 9. The highest BCUT2D eigenvalue weighted by atomic mass is 16.5. The molecule has 6 N–H and O–H groups in total. The second-order valence-electron chi connectivity index (χ2n) is 5.42. The summed E-state index contributed by atoms with van der Waals surface area (Å²) in [6.07, 6.45) is -0.924. The topological polar surface area (TPSA) is 112 Å². The lowest BCUT2D eigenvalue weighted by atomic mass is 10.1. The summed E-state index contributed by atoms with van der Waals surface area (Å²) >= 11 is 0. The van der Waals surface area contributed by atoms with E-state index < -0.39 is 6.23 Å². The predicted octanol–water partition coefficient (Wildman–Crippen LogP) is 1.47. The van der Waals surface area contributed by atoms with Gasteiger partial charge in [0.2, 0.25) is 0 Å². The van der Waals surface area contributed by atoms with Crippen LogP contribution >= 0.6 is 0 Å². The fourth-order valence-corrected chi connectivity index (χ4v) is 2.32. The molecule has 0 fully saturated rings. The summed E-state index contributed by atoms with van der Waals surface area (Å²) in [5.41, 5.74) is 13.0. The predicted molar refractivity (Wildman–Crippen MR) is 97.1 cm³/mol. The number of methoxy groups -OCH3 is 2. The number of aliphatic hydroxyl groups is 1. The van der Waals surface area contributed by atoms with Crippen LogP contribution in [0.5, 0.6) is 17.2 Å². The zero-order valence-electron chi connectivity index (χ0n) is 14.4. The molecule has 0 aliphatic heterocycles. The van der Waals surface area contributed by atoms with Crippen LogP contribution in [0, 0.1) is 0 Å². The number of hydrogen-bond donors (Lipinski definition) is 4. The molecule has 2 aromatic carbocycles. The first-order valence-corrected chi connectivity index (χ1v) is 7.93. The van der Waals surface area contributed by atoms with Crippen LogP contribution in [0.2, 0.25) is 0 Å². The fraction of sp³-hybridized carbons (Fsp3) is 0.333. The molecule has 2 aromatic rings. The first-order valence-electron chi connectivity index (χ1n) is 7.93. The number of para-hydroxylation sites is 2. The fourth-order valence-electron chi connectivity index (χ4n) is 2.32. The third kappa shape index (κ3) is 4.99. The van der Waals surface area contributed by atoms with Crippen LogP contribution in [-0.2, 0) is 0 Å². The summed E-state index contributed by atoms with van der Waals surface area (Å²) in [4.78, 5) is 0. The summed E-state index contributed by atoms with van der Waals surface area (Å²) in [6, 6.07) is 12.4. The van der Waals surface area contributed by atoms with E-state index in [4.69, 9.17) is 25.7 Å². The molecule has 0 saturated carbocycles. The van der Waals surface area contributed by atoms with E-state index in [1.165, 1.54) is 0 Å². The van der Waals surface area contributed by atoms with Crippen molar-refractivity contribution in [3.63, 3.8) is 0 Å². The van der Waals surface area contributed by atoms with Crippen molar-refractivity contribution in [3.05, 3.63) is 48.0 Å². The Balaban J connectivity index is 2.00. The summed E-state index contributed by atoms with van der Waals surface area (Å²) in [5.74, 6) is 1.68. The van der Waals surface area contributed by atoms with E-state index >= 15 is 0 Å². The van der Waals surface area contributed by atoms with Crippen molar-refractivity contribution in [1.29, 1.82) is 0 Å². The second-order valence-corrected chi connectivity index (χ2v) is 5.42. The summed E-state index contributed by atoms with van der Waals surface area (Å²) in [6.45, 7) is 0.363. The second kappa shape index (κ2) is 9.12. The van der Waals surface area contributed by atoms with Gasteiger partial charge in [-0.1, -0.05) is 18.2 Å². The third-order valence-electron chi connectivity index (χ3n) is 3.70. The van der Waals surface area contributed by atoms with Crippen molar-refractivity contribution < 1.29 is 19.3 Å². The smallest absolute Gasteiger partial charge is 0.161 e. The standard InChI is InChI=1S/C18H25N3O4/c1-23-15-6-4-3-5-14(15)21-18(22)11-25-16-8-7-12(13(20)10-19)9-17(16)24-2/h3-9,13,18,21-22H,10-11,19-20H2,1-2H3. The molecular formula is C18H25N3O4. The molecule has 0 radical (unpaired) electrons. The Kier molecular flexibility index (Phi) is 6.88. The molecule has 0 amide bonds. The highest BCUT2D eigenvalue weighted by Gasteiger charge is 2.13. The SMILES string of the molecule is COc1ccccc1NC(O)COc1ccc(C(N)CN)cc1OC. The largest absolute Gasteiger partial charge is 0.495 e. The van der Waals surface area contributed by atoms with Gasteiger partial charge in [-0.2, -0.15) is 0 Å². The van der Waals surface area contributed by atoms with Crippen LogP contribution in [0.15, 0.2) is 42.5 Å². The van der Waals surface area contributed by atoms with Crippen LogP contribution < -0.4 is 31.0 Å². The average molecular weight is 347 g/mol. The van der Waals surface area contributed by atoms with Gasteiger partial charge in [-0.3, -0.25) is 0 Å². The number of nitrogens with one attached hydrogen (secondary N) is 1. The molecule has 0 bridgehead atoms. The lowest BCUT2D eigenvalue weighted by molar-refractivity contribution is 0.127. The van der Waals surface area contributed by atoms with Gasteiger partial charge >= 0.3 is 0 Å². The van der Waals surface area contributed by atoms with E-state index in [1.807, 2.05) is 24.3 Å². The molecule has 2 unspecified atom stereocenters. The summed E-state index contributed by atoms with van der Waals surface area (Å²) in [5, 5.41) is 13.1. The van der Waals surface area contributed by atoms with Crippen molar-refractivity contribution in [2.24, 2.45) is 11.5 Å². The van der Waals surface area contributed by atoms with Crippen molar-refractivity contribution >= 4 is 5.69 Å². The van der Waals surface area contributed by atoms with Gasteiger partial charge in [0.25, 0.3) is 0 Å². The van der Waals surface area contributed by atoms with Gasteiger partial charge in [0, 0.05) is 12.6 Å². The van der Waals surface area contributed by atoms with Crippen LogP contribution in [-0.4, -0.2) is 38.7 Å². The summed E-state index contributed by atoms with van der Waals surface area (Å²) < 4.78 is 16.2. The molecule has 2 rings (SSSR count). The summed E-state index contributed by atoms with van der Waals surface area (Å²) in [7, 11) is 3.12. The minimum Gasteiger partial charge on any atom is -0.495 e. The number of ether oxygens (including phenoxy) is 3.